The molecule has 0 aliphatic rings. The van der Waals surface area contributed by atoms with E-state index in [2.05, 4.69) is 5.32 Å². The fourth-order valence-corrected chi connectivity index (χ4v) is 2.32. The summed E-state index contributed by atoms with van der Waals surface area (Å²) in [6.07, 6.45) is 0. The van der Waals surface area contributed by atoms with Crippen LogP contribution in [0.2, 0.25) is 5.02 Å². The quantitative estimate of drug-likeness (QED) is 0.611. The molecular weight excluding hydrogens is 362 g/mol. The standard InChI is InChI=1S/C18H16ClNO6/c1-3-25-18(24)12-8-11(9-13(19)16(12)22)17(23)20-14-6-4-5-7-15(14)26-10(2)21/h4-9,22H,3H2,1-2H3,(H,20,23). The molecule has 2 aromatic rings. The number of ether oxygens (including phenoxy) is 2. The van der Waals surface area contributed by atoms with Crippen LogP contribution in [0.15, 0.2) is 36.4 Å². The van der Waals surface area contributed by atoms with Crippen LogP contribution in [0.4, 0.5) is 5.69 Å². The number of amides is 1. The third kappa shape index (κ3) is 4.52. The summed E-state index contributed by atoms with van der Waals surface area (Å²) in [6, 6.07) is 8.74. The van der Waals surface area contributed by atoms with Gasteiger partial charge in [0.15, 0.2) is 5.75 Å². The molecule has 0 spiro atoms. The molecule has 0 radical (unpaired) electrons. The minimum atomic E-state index is -0.804. The molecule has 0 bridgehead atoms. The average molecular weight is 378 g/mol. The largest absolute Gasteiger partial charge is 0.505 e. The van der Waals surface area contributed by atoms with E-state index < -0.39 is 23.6 Å². The second-order valence-electron chi connectivity index (χ2n) is 5.12. The monoisotopic (exact) mass is 377 g/mol. The van der Waals surface area contributed by atoms with E-state index in [0.29, 0.717) is 0 Å². The zero-order valence-electron chi connectivity index (χ0n) is 14.0. The number of hydrogen-bond donors (Lipinski definition) is 2. The minimum absolute atomic E-state index is 0.0217. The van der Waals surface area contributed by atoms with Crippen molar-refractivity contribution in [1.82, 2.24) is 0 Å². The summed E-state index contributed by atoms with van der Waals surface area (Å²) in [7, 11) is 0. The normalized spacial score (nSPS) is 10.1. The van der Waals surface area contributed by atoms with E-state index in [4.69, 9.17) is 21.1 Å². The summed E-state index contributed by atoms with van der Waals surface area (Å²) in [5, 5.41) is 12.3. The van der Waals surface area contributed by atoms with E-state index >= 15 is 0 Å². The van der Waals surface area contributed by atoms with Crippen LogP contribution in [0, 0.1) is 0 Å². The molecule has 0 heterocycles. The Hall–Kier alpha value is -3.06. The van der Waals surface area contributed by atoms with Crippen LogP contribution >= 0.6 is 11.6 Å². The van der Waals surface area contributed by atoms with Gasteiger partial charge in [0, 0.05) is 12.5 Å². The highest BCUT2D eigenvalue weighted by molar-refractivity contribution is 6.33. The Bertz CT molecular complexity index is 865. The topological polar surface area (TPSA) is 102 Å². The van der Waals surface area contributed by atoms with Gasteiger partial charge < -0.3 is 19.9 Å². The molecule has 0 aromatic heterocycles. The second-order valence-corrected chi connectivity index (χ2v) is 5.53. The van der Waals surface area contributed by atoms with Crippen LogP contribution in [-0.4, -0.2) is 29.6 Å². The first-order chi connectivity index (χ1) is 12.3. The SMILES string of the molecule is CCOC(=O)c1cc(C(=O)Nc2ccccc2OC(C)=O)cc(Cl)c1O. The summed E-state index contributed by atoms with van der Waals surface area (Å²) in [6.45, 7) is 2.95. The van der Waals surface area contributed by atoms with Gasteiger partial charge in [-0.25, -0.2) is 4.79 Å². The van der Waals surface area contributed by atoms with Crippen molar-refractivity contribution < 1.29 is 29.0 Å². The number of hydrogen-bond acceptors (Lipinski definition) is 6. The number of nitrogens with one attached hydrogen (secondary N) is 1. The van der Waals surface area contributed by atoms with Crippen LogP contribution in [0.5, 0.6) is 11.5 Å². The molecule has 2 N–H and O–H groups in total. The third-order valence-electron chi connectivity index (χ3n) is 3.21. The lowest BCUT2D eigenvalue weighted by Gasteiger charge is -2.12. The van der Waals surface area contributed by atoms with E-state index in [1.54, 1.807) is 25.1 Å². The average Bonchev–Trinajstić information content (AvgIpc) is 2.58. The van der Waals surface area contributed by atoms with Gasteiger partial charge in [0.2, 0.25) is 0 Å². The maximum absolute atomic E-state index is 12.5. The molecule has 0 fully saturated rings. The highest BCUT2D eigenvalue weighted by Crippen LogP contribution is 2.31. The van der Waals surface area contributed by atoms with Crippen molar-refractivity contribution in [2.75, 3.05) is 11.9 Å². The fraction of sp³-hybridized carbons (Fsp3) is 0.167. The van der Waals surface area contributed by atoms with E-state index in [-0.39, 0.29) is 34.2 Å². The van der Waals surface area contributed by atoms with Gasteiger partial charge in [-0.1, -0.05) is 23.7 Å². The molecule has 2 rings (SSSR count). The van der Waals surface area contributed by atoms with E-state index in [0.717, 1.165) is 0 Å². The predicted molar refractivity (Wildman–Crippen MR) is 94.8 cm³/mol. The van der Waals surface area contributed by atoms with Crippen molar-refractivity contribution in [1.29, 1.82) is 0 Å². The number of anilines is 1. The summed E-state index contributed by atoms with van der Waals surface area (Å²) >= 11 is 5.90. The Morgan fingerprint density at radius 2 is 1.88 bits per heavy atom. The number of carbonyl (C=O) groups excluding carboxylic acids is 3. The van der Waals surface area contributed by atoms with Gasteiger partial charge in [-0.3, -0.25) is 9.59 Å². The highest BCUT2D eigenvalue weighted by Gasteiger charge is 2.20. The summed E-state index contributed by atoms with van der Waals surface area (Å²) < 4.78 is 9.86. The molecule has 136 valence electrons. The van der Waals surface area contributed by atoms with E-state index in [1.807, 2.05) is 0 Å². The zero-order chi connectivity index (χ0) is 19.3. The molecule has 0 aliphatic heterocycles. The van der Waals surface area contributed by atoms with Crippen molar-refractivity contribution in [3.63, 3.8) is 0 Å². The molecule has 0 saturated heterocycles. The van der Waals surface area contributed by atoms with Crippen LogP contribution < -0.4 is 10.1 Å². The van der Waals surface area contributed by atoms with Gasteiger partial charge in [-0.15, -0.1) is 0 Å². The van der Waals surface area contributed by atoms with Crippen molar-refractivity contribution in [2.45, 2.75) is 13.8 Å². The molecule has 0 unspecified atom stereocenters. The lowest BCUT2D eigenvalue weighted by atomic mass is 10.1. The summed E-state index contributed by atoms with van der Waals surface area (Å²) in [4.78, 5) is 35.6. The first kappa shape index (κ1) is 19.3. The molecule has 7 nitrogen and oxygen atoms in total. The van der Waals surface area contributed by atoms with Gasteiger partial charge in [0.25, 0.3) is 5.91 Å². The molecule has 8 heteroatoms. The van der Waals surface area contributed by atoms with Crippen LogP contribution in [-0.2, 0) is 9.53 Å². The van der Waals surface area contributed by atoms with Crippen molar-refractivity contribution in [2.24, 2.45) is 0 Å². The molecule has 0 saturated carbocycles. The number of carbonyl (C=O) groups is 3. The predicted octanol–water partition coefficient (Wildman–Crippen LogP) is 3.40. The Kier molecular flexibility index (Phi) is 6.19. The Morgan fingerprint density at radius 3 is 2.54 bits per heavy atom. The van der Waals surface area contributed by atoms with Gasteiger partial charge >= 0.3 is 11.9 Å². The lowest BCUT2D eigenvalue weighted by Crippen LogP contribution is -2.15. The van der Waals surface area contributed by atoms with E-state index in [1.165, 1.54) is 25.1 Å². The lowest BCUT2D eigenvalue weighted by molar-refractivity contribution is -0.131. The Balaban J connectivity index is 2.34. The number of para-hydroxylation sites is 2. The maximum atomic E-state index is 12.5. The minimum Gasteiger partial charge on any atom is -0.505 e. The van der Waals surface area contributed by atoms with Crippen LogP contribution in [0.3, 0.4) is 0 Å². The number of halogens is 1. The number of rotatable bonds is 5. The van der Waals surface area contributed by atoms with Gasteiger partial charge in [-0.2, -0.15) is 0 Å². The van der Waals surface area contributed by atoms with Crippen molar-refractivity contribution in [3.8, 4) is 11.5 Å². The summed E-state index contributed by atoms with van der Waals surface area (Å²) in [5.74, 6) is -2.26. The number of phenols is 1. The third-order valence-corrected chi connectivity index (χ3v) is 3.50. The number of esters is 2. The van der Waals surface area contributed by atoms with E-state index in [9.17, 15) is 19.5 Å². The molecule has 0 aliphatic carbocycles. The molecular formula is C18H16ClNO6. The smallest absolute Gasteiger partial charge is 0.341 e. The Morgan fingerprint density at radius 1 is 1.19 bits per heavy atom. The highest BCUT2D eigenvalue weighted by atomic mass is 35.5. The van der Waals surface area contributed by atoms with Crippen LogP contribution in [0.1, 0.15) is 34.6 Å². The van der Waals surface area contributed by atoms with Gasteiger partial charge in [0.1, 0.15) is 11.3 Å². The zero-order valence-corrected chi connectivity index (χ0v) is 14.8. The molecule has 1 amide bonds. The van der Waals surface area contributed by atoms with Crippen LogP contribution in [0.25, 0.3) is 0 Å². The molecule has 0 atom stereocenters. The number of benzene rings is 2. The second kappa shape index (κ2) is 8.35. The molecule has 26 heavy (non-hydrogen) atoms. The first-order valence-electron chi connectivity index (χ1n) is 7.62. The number of aromatic hydroxyl groups is 1. The van der Waals surface area contributed by atoms with Crippen molar-refractivity contribution >= 4 is 35.1 Å². The summed E-state index contributed by atoms with van der Waals surface area (Å²) in [5.41, 5.74) is 0.0563. The number of phenolic OH excluding ortho intramolecular Hbond substituents is 1. The first-order valence-corrected chi connectivity index (χ1v) is 7.99. The maximum Gasteiger partial charge on any atom is 0.341 e. The Labute approximate surface area is 154 Å². The molecule has 2 aromatic carbocycles. The van der Waals surface area contributed by atoms with Crippen molar-refractivity contribution in [3.05, 3.63) is 52.5 Å². The van der Waals surface area contributed by atoms with Gasteiger partial charge in [0.05, 0.1) is 17.3 Å². The fourth-order valence-electron chi connectivity index (χ4n) is 2.10. The van der Waals surface area contributed by atoms with Gasteiger partial charge in [-0.05, 0) is 31.2 Å².